The zero-order chi connectivity index (χ0) is 21.4. The Kier molecular flexibility index (Phi) is 13.6. The summed E-state index contributed by atoms with van der Waals surface area (Å²) in [5, 5.41) is 9.24. The van der Waals surface area contributed by atoms with Crippen LogP contribution in [0.1, 0.15) is 104 Å². The molecule has 166 valence electrons. The summed E-state index contributed by atoms with van der Waals surface area (Å²) in [6, 6.07) is 0. The van der Waals surface area contributed by atoms with Gasteiger partial charge in [0.1, 0.15) is 12.4 Å². The minimum Gasteiger partial charge on any atom is -0.477 e. The van der Waals surface area contributed by atoms with Gasteiger partial charge in [0.05, 0.1) is 6.20 Å². The summed E-state index contributed by atoms with van der Waals surface area (Å²) in [6.07, 6.45) is 25.3. The average Bonchev–Trinajstić information content (AvgIpc) is 3.08. The van der Waals surface area contributed by atoms with E-state index in [1.54, 1.807) is 6.20 Å². The third-order valence-electron chi connectivity index (χ3n) is 5.82. The van der Waals surface area contributed by atoms with Crippen molar-refractivity contribution < 1.29 is 14.4 Å². The molecule has 5 nitrogen and oxygen atoms in total. The minimum absolute atomic E-state index is 0.0285. The van der Waals surface area contributed by atoms with Crippen LogP contribution in [0.4, 0.5) is 0 Å². The zero-order valence-electron chi connectivity index (χ0n) is 18.8. The lowest BCUT2D eigenvalue weighted by atomic mass is 10.1. The lowest BCUT2D eigenvalue weighted by Gasteiger charge is -2.34. The van der Waals surface area contributed by atoms with Gasteiger partial charge >= 0.3 is 5.97 Å². The molecule has 0 amide bonds. The Labute approximate surface area is 178 Å². The van der Waals surface area contributed by atoms with Gasteiger partial charge in [-0.2, -0.15) is 0 Å². The number of carboxylic acids is 1. The Bertz CT molecular complexity index is 540. The molecule has 0 aromatic heterocycles. The molecule has 2 unspecified atom stereocenters. The first-order valence-corrected chi connectivity index (χ1v) is 11.8. The van der Waals surface area contributed by atoms with Crippen LogP contribution in [0.2, 0.25) is 0 Å². The number of allylic oxidation sites excluding steroid dienone is 2. The van der Waals surface area contributed by atoms with Crippen LogP contribution in [0.25, 0.3) is 0 Å². The van der Waals surface area contributed by atoms with E-state index < -0.39 is 5.97 Å². The molecular formula is C24H44N3O2+. The number of unbranched alkanes of at least 4 members (excludes halogenated alkanes) is 11. The van der Waals surface area contributed by atoms with Gasteiger partial charge in [0.15, 0.2) is 6.54 Å². The van der Waals surface area contributed by atoms with Gasteiger partial charge in [-0.3, -0.25) is 5.73 Å². The van der Waals surface area contributed by atoms with Crippen LogP contribution in [-0.4, -0.2) is 34.1 Å². The van der Waals surface area contributed by atoms with Crippen molar-refractivity contribution >= 4 is 11.8 Å². The second kappa shape index (κ2) is 15.4. The maximum atomic E-state index is 11.3. The first-order chi connectivity index (χ1) is 14.0. The lowest BCUT2D eigenvalue weighted by molar-refractivity contribution is -0.805. The summed E-state index contributed by atoms with van der Waals surface area (Å²) >= 11 is 0. The molecule has 5 heteroatoms. The highest BCUT2D eigenvalue weighted by molar-refractivity contribution is 5.81. The van der Waals surface area contributed by atoms with E-state index in [1.807, 2.05) is 13.1 Å². The number of nitrogens with two attached hydrogens (primary N) is 1. The van der Waals surface area contributed by atoms with Crippen molar-refractivity contribution in [2.24, 2.45) is 10.7 Å². The van der Waals surface area contributed by atoms with E-state index >= 15 is 0 Å². The highest BCUT2D eigenvalue weighted by Crippen LogP contribution is 2.23. The van der Waals surface area contributed by atoms with Gasteiger partial charge in [0, 0.05) is 13.3 Å². The largest absolute Gasteiger partial charge is 0.477 e. The summed E-state index contributed by atoms with van der Waals surface area (Å²) in [5.41, 5.74) is 6.10. The highest BCUT2D eigenvalue weighted by atomic mass is 16.4. The van der Waals surface area contributed by atoms with Crippen molar-refractivity contribution in [3.8, 4) is 0 Å². The average molecular weight is 407 g/mol. The van der Waals surface area contributed by atoms with Gasteiger partial charge in [-0.1, -0.05) is 70.4 Å². The smallest absolute Gasteiger partial charge is 0.360 e. The zero-order valence-corrected chi connectivity index (χ0v) is 18.8. The maximum Gasteiger partial charge on any atom is 0.360 e. The van der Waals surface area contributed by atoms with E-state index in [2.05, 4.69) is 24.1 Å². The van der Waals surface area contributed by atoms with E-state index in [9.17, 15) is 9.90 Å². The quantitative estimate of drug-likeness (QED) is 0.164. The van der Waals surface area contributed by atoms with E-state index in [-0.39, 0.29) is 17.2 Å². The van der Waals surface area contributed by atoms with Gasteiger partial charge in [0.2, 0.25) is 5.84 Å². The summed E-state index contributed by atoms with van der Waals surface area (Å²) in [6.45, 7) is 4.09. The van der Waals surface area contributed by atoms with Crippen LogP contribution < -0.4 is 5.73 Å². The SMILES string of the molecule is CCCCCCC/C=C/CCCCCCCCC1=NC=C[N+]1(CC(=O)O)C(C)N. The molecule has 1 aliphatic rings. The van der Waals surface area contributed by atoms with Crippen LogP contribution in [0.15, 0.2) is 29.5 Å². The topological polar surface area (TPSA) is 75.7 Å². The number of quaternary nitrogens is 1. The number of rotatable bonds is 18. The number of aliphatic imine (C=N–C) groups is 1. The van der Waals surface area contributed by atoms with Crippen molar-refractivity contribution in [3.05, 3.63) is 24.6 Å². The van der Waals surface area contributed by atoms with Crippen molar-refractivity contribution in [2.75, 3.05) is 6.54 Å². The Morgan fingerprint density at radius 2 is 1.59 bits per heavy atom. The van der Waals surface area contributed by atoms with Crippen LogP contribution in [0.5, 0.6) is 0 Å². The van der Waals surface area contributed by atoms with Gasteiger partial charge in [-0.15, -0.1) is 0 Å². The predicted octanol–water partition coefficient (Wildman–Crippen LogP) is 6.11. The number of hydrogen-bond acceptors (Lipinski definition) is 3. The molecule has 2 atom stereocenters. The minimum atomic E-state index is -0.841. The summed E-state index contributed by atoms with van der Waals surface area (Å²) in [4.78, 5) is 15.7. The highest BCUT2D eigenvalue weighted by Gasteiger charge is 2.40. The fourth-order valence-electron chi connectivity index (χ4n) is 3.94. The van der Waals surface area contributed by atoms with Crippen LogP contribution in [0, 0.1) is 0 Å². The van der Waals surface area contributed by atoms with E-state index in [1.165, 1.54) is 77.0 Å². The summed E-state index contributed by atoms with van der Waals surface area (Å²) < 4.78 is 0.167. The summed E-state index contributed by atoms with van der Waals surface area (Å²) in [7, 11) is 0. The lowest BCUT2D eigenvalue weighted by Crippen LogP contribution is -2.59. The molecule has 1 aliphatic heterocycles. The third kappa shape index (κ3) is 10.2. The fourth-order valence-corrected chi connectivity index (χ4v) is 3.94. The van der Waals surface area contributed by atoms with Gasteiger partial charge in [-0.25, -0.2) is 14.3 Å². The monoisotopic (exact) mass is 406 g/mol. The van der Waals surface area contributed by atoms with E-state index in [0.29, 0.717) is 0 Å². The molecular weight excluding hydrogens is 362 g/mol. The van der Waals surface area contributed by atoms with Gasteiger partial charge < -0.3 is 5.11 Å². The summed E-state index contributed by atoms with van der Waals surface area (Å²) in [5.74, 6) is 0.0503. The molecule has 29 heavy (non-hydrogen) atoms. The number of aliphatic carboxylic acids is 1. The second-order valence-corrected chi connectivity index (χ2v) is 8.40. The van der Waals surface area contributed by atoms with Crippen LogP contribution in [0.3, 0.4) is 0 Å². The van der Waals surface area contributed by atoms with Crippen molar-refractivity contribution in [2.45, 2.75) is 110 Å². The molecule has 0 radical (unpaired) electrons. The molecule has 0 aromatic rings. The van der Waals surface area contributed by atoms with Crippen LogP contribution in [-0.2, 0) is 4.79 Å². The standard InChI is InChI=1S/C24H43N3O2/c1-3-4-5-6-7-8-9-10-11-12-13-14-15-16-17-18-23-26-19-20-27(23,22(2)25)21-24(28)29/h9-10,19-20,22H,3-8,11-18,21,25H2,1-2H3/p+1/b10-9+. The van der Waals surface area contributed by atoms with Crippen molar-refractivity contribution in [1.29, 1.82) is 0 Å². The first-order valence-electron chi connectivity index (χ1n) is 11.8. The van der Waals surface area contributed by atoms with E-state index in [0.717, 1.165) is 18.7 Å². The predicted molar refractivity (Wildman–Crippen MR) is 122 cm³/mol. The Hall–Kier alpha value is -1.46. The first kappa shape index (κ1) is 25.6. The molecule has 1 heterocycles. The third-order valence-corrected chi connectivity index (χ3v) is 5.82. The van der Waals surface area contributed by atoms with Crippen LogP contribution >= 0.6 is 0 Å². The molecule has 0 fully saturated rings. The van der Waals surface area contributed by atoms with Gasteiger partial charge in [0.25, 0.3) is 0 Å². The number of carboxylic acid groups (broad SMARTS) is 1. The molecule has 0 saturated carbocycles. The molecule has 0 spiro atoms. The number of hydrogen-bond donors (Lipinski definition) is 2. The van der Waals surface area contributed by atoms with E-state index in [4.69, 9.17) is 5.73 Å². The Morgan fingerprint density at radius 1 is 1.03 bits per heavy atom. The van der Waals surface area contributed by atoms with Crippen molar-refractivity contribution in [3.63, 3.8) is 0 Å². The molecule has 3 N–H and O–H groups in total. The Balaban J connectivity index is 2.05. The van der Waals surface area contributed by atoms with Gasteiger partial charge in [-0.05, 0) is 32.1 Å². The molecule has 0 saturated heterocycles. The number of amidine groups is 1. The normalized spacial score (nSPS) is 19.8. The second-order valence-electron chi connectivity index (χ2n) is 8.40. The Morgan fingerprint density at radius 3 is 2.14 bits per heavy atom. The molecule has 0 aliphatic carbocycles. The number of nitrogens with zero attached hydrogens (tertiary/aromatic N) is 2. The number of carbonyl (C=O) groups is 1. The molecule has 0 bridgehead atoms. The van der Waals surface area contributed by atoms with Crippen molar-refractivity contribution in [1.82, 2.24) is 0 Å². The maximum absolute atomic E-state index is 11.3. The fraction of sp³-hybridized carbons (Fsp3) is 0.750. The molecule has 0 aromatic carbocycles. The molecule has 1 rings (SSSR count).